The van der Waals surface area contributed by atoms with E-state index in [1.165, 1.54) is 0 Å². The molecule has 0 aromatic carbocycles. The zero-order chi connectivity index (χ0) is 3.54. The van der Waals surface area contributed by atoms with Crippen molar-refractivity contribution in [2.45, 2.75) is 6.42 Å². The van der Waals surface area contributed by atoms with Gasteiger partial charge in [-0.25, -0.2) is 12.2 Å². The zero-order valence-corrected chi connectivity index (χ0v) is 10.4. The van der Waals surface area contributed by atoms with Crippen molar-refractivity contribution in [1.82, 2.24) is 0 Å². The van der Waals surface area contributed by atoms with Crippen LogP contribution in [0.1, 0.15) is 6.42 Å². The quantitative estimate of drug-likeness (QED) is 0.445. The van der Waals surface area contributed by atoms with Crippen LogP contribution in [0.4, 0.5) is 0 Å². The smallest absolute Gasteiger partial charge is 0 e. The molecule has 0 bridgehead atoms. The number of hydrogen-bond acceptors (Lipinski definition) is 0. The average molecular weight is 236 g/mol. The normalized spacial score (nSPS) is 8.00. The molecule has 0 aromatic heterocycles. The van der Waals surface area contributed by atoms with Crippen LogP contribution in [0.25, 0.3) is 0 Å². The minimum atomic E-state index is 0. The molecule has 0 fully saturated rings. The van der Waals surface area contributed by atoms with E-state index in [4.69, 9.17) is 0 Å². The Morgan fingerprint density at radius 1 is 0.909 bits per heavy atom. The van der Waals surface area contributed by atoms with Crippen LogP contribution in [0.2, 0.25) is 0 Å². The number of hydrogen-bond donors (Lipinski definition) is 0. The zero-order valence-electron chi connectivity index (χ0n) is 8.35. The molecule has 0 aromatic rings. The van der Waals surface area contributed by atoms with Gasteiger partial charge in [-0.3, -0.25) is 6.08 Å². The molecule has 0 atom stereocenters. The average Bonchev–Trinajstić information content (AvgIpc) is 1.76. The Kier molecular flexibility index (Phi) is 126. The van der Waals surface area contributed by atoms with Crippen molar-refractivity contribution < 1.29 is 21.1 Å². The minimum Gasteiger partial charge on any atom is -0.358 e. The Morgan fingerprint density at radius 2 is 1.36 bits per heavy atom. The maximum Gasteiger partial charge on any atom is 0 e. The van der Waals surface area contributed by atoms with Crippen molar-refractivity contribution in [3.63, 3.8) is 0 Å². The molecule has 0 nitrogen and oxygen atoms in total. The summed E-state index contributed by atoms with van der Waals surface area (Å²) in [6, 6.07) is 0. The monoisotopic (exact) mass is 238 g/mol. The van der Waals surface area contributed by atoms with Crippen molar-refractivity contribution >= 4 is 0 Å². The van der Waals surface area contributed by atoms with Crippen molar-refractivity contribution in [3.8, 4) is 0 Å². The van der Waals surface area contributed by atoms with Crippen molar-refractivity contribution in [1.29, 1.82) is 0 Å². The predicted octanol–water partition coefficient (Wildman–Crippen LogP) is 3.55. The second-order valence-electron chi connectivity index (χ2n) is 1.00. The summed E-state index contributed by atoms with van der Waals surface area (Å²) in [6.07, 6.45) is 10.0. The summed E-state index contributed by atoms with van der Waals surface area (Å²) < 4.78 is 0. The van der Waals surface area contributed by atoms with Crippen LogP contribution in [-0.2, 0) is 21.1 Å². The van der Waals surface area contributed by atoms with Gasteiger partial charge in [0.2, 0.25) is 0 Å². The second kappa shape index (κ2) is 32.0. The van der Waals surface area contributed by atoms with E-state index in [1.54, 1.807) is 0 Å². The van der Waals surface area contributed by atoms with Gasteiger partial charge in [-0.05, 0) is 0 Å². The summed E-state index contributed by atoms with van der Waals surface area (Å²) >= 11 is 0. The first-order valence-corrected chi connectivity index (χ1v) is 1.72. The van der Waals surface area contributed by atoms with Gasteiger partial charge in [0.25, 0.3) is 0 Å². The van der Waals surface area contributed by atoms with Crippen LogP contribution >= 0.6 is 0 Å². The predicted molar refractivity (Wildman–Crippen MR) is 53.6 cm³/mol. The van der Waals surface area contributed by atoms with Crippen molar-refractivity contribution in [3.05, 3.63) is 61.4 Å². The molecule has 1 rings (SSSR count). The van der Waals surface area contributed by atoms with E-state index in [1.807, 2.05) is 12.2 Å². The van der Waals surface area contributed by atoms with E-state index in [0.717, 1.165) is 6.42 Å². The largest absolute Gasteiger partial charge is 0.358 e. The first-order valence-electron chi connectivity index (χ1n) is 1.72. The van der Waals surface area contributed by atoms with Crippen LogP contribution < -0.4 is 0 Å². The van der Waals surface area contributed by atoms with Gasteiger partial charge in [-0.2, -0.15) is 6.08 Å². The molecule has 0 amide bonds. The van der Waals surface area contributed by atoms with Crippen LogP contribution in [0.15, 0.2) is 18.2 Å². The van der Waals surface area contributed by atoms with E-state index in [9.17, 15) is 0 Å². The topological polar surface area (TPSA) is 0 Å². The van der Waals surface area contributed by atoms with Gasteiger partial charge >= 0.3 is 0 Å². The number of allylic oxidation sites excluding steroid dienone is 4. The summed E-state index contributed by atoms with van der Waals surface area (Å²) in [7, 11) is 0. The Balaban J connectivity index is -0.0000000104. The molecule has 0 heterocycles. The summed E-state index contributed by atoms with van der Waals surface area (Å²) in [6.45, 7) is 0. The van der Waals surface area contributed by atoms with Gasteiger partial charge < -0.3 is 37.1 Å². The Morgan fingerprint density at radius 3 is 1.45 bits per heavy atom. The molecule has 1 heteroatoms. The molecule has 0 radical (unpaired) electrons. The third-order valence-electron chi connectivity index (χ3n) is 0.586. The molecule has 1 aliphatic rings. The molecular formula is C10H20Mo-6. The van der Waals surface area contributed by atoms with E-state index in [2.05, 4.69) is 12.2 Å². The van der Waals surface area contributed by atoms with Crippen molar-refractivity contribution in [2.24, 2.45) is 0 Å². The van der Waals surface area contributed by atoms with E-state index in [0.29, 0.717) is 0 Å². The summed E-state index contributed by atoms with van der Waals surface area (Å²) in [4.78, 5) is 0. The van der Waals surface area contributed by atoms with Crippen LogP contribution in [0.5, 0.6) is 0 Å². The molecule has 0 N–H and O–H groups in total. The Labute approximate surface area is 89.1 Å². The van der Waals surface area contributed by atoms with E-state index < -0.39 is 0 Å². The third kappa shape index (κ3) is 25.4. The van der Waals surface area contributed by atoms with Gasteiger partial charge in [-0.15, -0.1) is 6.42 Å². The van der Waals surface area contributed by atoms with Crippen LogP contribution in [-0.4, -0.2) is 0 Å². The Bertz CT molecular complexity index is 62.9. The van der Waals surface area contributed by atoms with Crippen molar-refractivity contribution in [2.75, 3.05) is 0 Å². The molecule has 0 spiro atoms. The van der Waals surface area contributed by atoms with Crippen LogP contribution in [0, 0.1) is 43.2 Å². The molecular weight excluding hydrogens is 216 g/mol. The molecule has 0 aliphatic heterocycles. The van der Waals surface area contributed by atoms with E-state index >= 15 is 0 Å². The maximum absolute atomic E-state index is 2.99. The molecule has 11 heavy (non-hydrogen) atoms. The van der Waals surface area contributed by atoms with Gasteiger partial charge in [-0.1, -0.05) is 0 Å². The second-order valence-corrected chi connectivity index (χ2v) is 1.00. The maximum atomic E-state index is 2.99. The molecule has 72 valence electrons. The molecule has 1 aliphatic carbocycles. The molecule has 0 unspecified atom stereocenters. The third-order valence-corrected chi connectivity index (χ3v) is 0.586. The van der Waals surface area contributed by atoms with E-state index in [-0.39, 0.29) is 58.2 Å². The van der Waals surface area contributed by atoms with Gasteiger partial charge in [0, 0.05) is 21.1 Å². The fourth-order valence-corrected chi connectivity index (χ4v) is 0.340. The van der Waals surface area contributed by atoms with Crippen LogP contribution in [0.3, 0.4) is 0 Å². The summed E-state index contributed by atoms with van der Waals surface area (Å²) in [5.74, 6) is 0. The SMILES string of the molecule is [C-]1=CC=CC1.[CH3-].[CH3-].[CH3-].[CH3-].[CH3-].[Mo]. The first kappa shape index (κ1) is 43.2. The van der Waals surface area contributed by atoms with Gasteiger partial charge in [0.05, 0.1) is 0 Å². The fourth-order valence-electron chi connectivity index (χ4n) is 0.340. The molecule has 0 saturated heterocycles. The Hall–Kier alpha value is 0.168. The molecule has 0 saturated carbocycles. The summed E-state index contributed by atoms with van der Waals surface area (Å²) in [5, 5.41) is 0. The summed E-state index contributed by atoms with van der Waals surface area (Å²) in [5.41, 5.74) is 0. The first-order chi connectivity index (χ1) is 2.50. The van der Waals surface area contributed by atoms with Gasteiger partial charge in [0.1, 0.15) is 0 Å². The van der Waals surface area contributed by atoms with Gasteiger partial charge in [0.15, 0.2) is 0 Å². The fraction of sp³-hybridized carbons (Fsp3) is 0.100. The standard InChI is InChI=1S/C5H5.5CH3.Mo/c1-2-4-5-3-1;;;;;;/h1-3H,4H2;5*1H3;/q6*-1;. The minimum absolute atomic E-state index is 0. The number of rotatable bonds is 0.